The summed E-state index contributed by atoms with van der Waals surface area (Å²) in [5.41, 5.74) is 1.43. The van der Waals surface area contributed by atoms with Crippen molar-refractivity contribution in [3.05, 3.63) is 46.7 Å². The topological polar surface area (TPSA) is 56.1 Å². The third kappa shape index (κ3) is 4.23. The lowest BCUT2D eigenvalue weighted by Crippen LogP contribution is -2.25. The highest BCUT2D eigenvalue weighted by atomic mass is 35.5. The summed E-state index contributed by atoms with van der Waals surface area (Å²) < 4.78 is 7.03. The highest BCUT2D eigenvalue weighted by molar-refractivity contribution is 6.31. The highest BCUT2D eigenvalue weighted by Crippen LogP contribution is 2.22. The van der Waals surface area contributed by atoms with Gasteiger partial charge in [-0.2, -0.15) is 5.10 Å². The molecule has 1 heterocycles. The Labute approximate surface area is 128 Å². The number of aromatic nitrogens is 2. The molecule has 0 aliphatic rings. The van der Waals surface area contributed by atoms with E-state index in [0.717, 1.165) is 18.7 Å². The molecule has 5 nitrogen and oxygen atoms in total. The Hall–Kier alpha value is -2.01. The fourth-order valence-electron chi connectivity index (χ4n) is 1.98. The number of nitrogens with zero attached hydrogens (tertiary/aromatic N) is 2. The zero-order valence-corrected chi connectivity index (χ0v) is 12.9. The van der Waals surface area contributed by atoms with Crippen LogP contribution in [0.3, 0.4) is 0 Å². The molecule has 0 saturated carbocycles. The molecule has 112 valence electrons. The maximum Gasteiger partial charge on any atom is 0.255 e. The Morgan fingerprint density at radius 3 is 2.90 bits per heavy atom. The van der Waals surface area contributed by atoms with Crippen molar-refractivity contribution in [3.63, 3.8) is 0 Å². The minimum absolute atomic E-state index is 0.189. The minimum atomic E-state index is -0.189. The van der Waals surface area contributed by atoms with Crippen LogP contribution in [0.5, 0.6) is 5.75 Å². The van der Waals surface area contributed by atoms with Crippen molar-refractivity contribution >= 4 is 17.5 Å². The Kier molecular flexibility index (Phi) is 5.22. The van der Waals surface area contributed by atoms with Crippen LogP contribution in [0.4, 0.5) is 0 Å². The van der Waals surface area contributed by atoms with E-state index in [0.29, 0.717) is 22.9 Å². The van der Waals surface area contributed by atoms with Crippen LogP contribution in [-0.4, -0.2) is 29.3 Å². The molecule has 0 radical (unpaired) electrons. The zero-order valence-electron chi connectivity index (χ0n) is 12.1. The number of ether oxygens (including phenoxy) is 1. The first-order valence-corrected chi connectivity index (χ1v) is 7.10. The van der Waals surface area contributed by atoms with E-state index in [1.54, 1.807) is 18.2 Å². The van der Waals surface area contributed by atoms with Crippen LogP contribution in [0.1, 0.15) is 22.5 Å². The van der Waals surface area contributed by atoms with Crippen molar-refractivity contribution in [2.45, 2.75) is 19.9 Å². The van der Waals surface area contributed by atoms with E-state index in [-0.39, 0.29) is 5.91 Å². The molecule has 0 fully saturated rings. The Morgan fingerprint density at radius 1 is 1.43 bits per heavy atom. The van der Waals surface area contributed by atoms with Crippen LogP contribution in [-0.2, 0) is 6.54 Å². The van der Waals surface area contributed by atoms with Gasteiger partial charge in [0.1, 0.15) is 5.75 Å². The van der Waals surface area contributed by atoms with Gasteiger partial charge in [0.15, 0.2) is 0 Å². The number of benzene rings is 1. The zero-order chi connectivity index (χ0) is 15.2. The molecule has 2 aromatic rings. The fraction of sp³-hybridized carbons (Fsp3) is 0.333. The number of amides is 1. The summed E-state index contributed by atoms with van der Waals surface area (Å²) in [7, 11) is 1.53. The first kappa shape index (κ1) is 15.4. The van der Waals surface area contributed by atoms with Gasteiger partial charge in [0.05, 0.1) is 18.4 Å². The number of hydrogen-bond acceptors (Lipinski definition) is 3. The van der Waals surface area contributed by atoms with Gasteiger partial charge in [-0.05, 0) is 37.6 Å². The normalized spacial score (nSPS) is 10.4. The van der Waals surface area contributed by atoms with Crippen molar-refractivity contribution in [1.82, 2.24) is 15.1 Å². The second-order valence-electron chi connectivity index (χ2n) is 4.67. The van der Waals surface area contributed by atoms with Crippen LogP contribution >= 0.6 is 11.6 Å². The molecule has 0 atom stereocenters. The minimum Gasteiger partial charge on any atom is -0.496 e. The third-order valence-corrected chi connectivity index (χ3v) is 3.26. The molecule has 0 bridgehead atoms. The summed E-state index contributed by atoms with van der Waals surface area (Å²) in [6.07, 6.45) is 2.73. The van der Waals surface area contributed by atoms with Crippen LogP contribution in [0.2, 0.25) is 5.02 Å². The molecule has 0 aliphatic carbocycles. The van der Waals surface area contributed by atoms with E-state index < -0.39 is 0 Å². The molecule has 0 aliphatic heterocycles. The van der Waals surface area contributed by atoms with Crippen LogP contribution in [0.25, 0.3) is 0 Å². The summed E-state index contributed by atoms with van der Waals surface area (Å²) in [5.74, 6) is 0.325. The monoisotopic (exact) mass is 307 g/mol. The SMILES string of the molecule is COc1ccc(Cl)cc1C(=O)NCCCn1ccc(C)n1. The molecular formula is C15H18ClN3O2. The Morgan fingerprint density at radius 2 is 2.24 bits per heavy atom. The number of halogens is 1. The molecule has 1 aromatic carbocycles. The molecule has 0 unspecified atom stereocenters. The van der Waals surface area contributed by atoms with Gasteiger partial charge < -0.3 is 10.1 Å². The van der Waals surface area contributed by atoms with Crippen molar-refractivity contribution < 1.29 is 9.53 Å². The molecule has 6 heteroatoms. The average Bonchev–Trinajstić information content (AvgIpc) is 2.89. The summed E-state index contributed by atoms with van der Waals surface area (Å²) >= 11 is 5.91. The van der Waals surface area contributed by atoms with Gasteiger partial charge in [0.2, 0.25) is 0 Å². The van der Waals surface area contributed by atoms with Gasteiger partial charge in [0.25, 0.3) is 5.91 Å². The number of nitrogens with one attached hydrogen (secondary N) is 1. The first-order chi connectivity index (χ1) is 10.1. The number of aryl methyl sites for hydroxylation is 2. The lowest BCUT2D eigenvalue weighted by atomic mass is 10.2. The standard InChI is InChI=1S/C15H18ClN3O2/c1-11-6-9-19(18-11)8-3-7-17-15(20)13-10-12(16)4-5-14(13)21-2/h4-6,9-10H,3,7-8H2,1-2H3,(H,17,20). The van der Waals surface area contributed by atoms with Crippen molar-refractivity contribution in [3.8, 4) is 5.75 Å². The Balaban J connectivity index is 1.85. The van der Waals surface area contributed by atoms with E-state index in [9.17, 15) is 4.79 Å². The predicted octanol–water partition coefficient (Wildman–Crippen LogP) is 2.67. The molecular weight excluding hydrogens is 290 g/mol. The van der Waals surface area contributed by atoms with Crippen molar-refractivity contribution in [2.24, 2.45) is 0 Å². The number of carbonyl (C=O) groups excluding carboxylic acids is 1. The highest BCUT2D eigenvalue weighted by Gasteiger charge is 2.12. The number of rotatable bonds is 6. The number of hydrogen-bond donors (Lipinski definition) is 1. The second kappa shape index (κ2) is 7.13. The maximum atomic E-state index is 12.1. The molecule has 21 heavy (non-hydrogen) atoms. The van der Waals surface area contributed by atoms with E-state index >= 15 is 0 Å². The van der Waals surface area contributed by atoms with Crippen LogP contribution in [0.15, 0.2) is 30.5 Å². The van der Waals surface area contributed by atoms with Crippen LogP contribution < -0.4 is 10.1 Å². The third-order valence-electron chi connectivity index (χ3n) is 3.03. The van der Waals surface area contributed by atoms with Gasteiger partial charge in [-0.15, -0.1) is 0 Å². The number of carbonyl (C=O) groups is 1. The smallest absolute Gasteiger partial charge is 0.255 e. The molecule has 0 spiro atoms. The maximum absolute atomic E-state index is 12.1. The summed E-state index contributed by atoms with van der Waals surface area (Å²) in [6, 6.07) is 6.93. The van der Waals surface area contributed by atoms with Crippen molar-refractivity contribution in [1.29, 1.82) is 0 Å². The number of methoxy groups -OCH3 is 1. The fourth-order valence-corrected chi connectivity index (χ4v) is 2.16. The molecule has 1 aromatic heterocycles. The average molecular weight is 308 g/mol. The Bertz CT molecular complexity index is 625. The van der Waals surface area contributed by atoms with E-state index in [1.807, 2.05) is 23.9 Å². The quantitative estimate of drug-likeness (QED) is 0.835. The van der Waals surface area contributed by atoms with E-state index in [4.69, 9.17) is 16.3 Å². The van der Waals surface area contributed by atoms with Crippen molar-refractivity contribution in [2.75, 3.05) is 13.7 Å². The van der Waals surface area contributed by atoms with E-state index in [2.05, 4.69) is 10.4 Å². The summed E-state index contributed by atoms with van der Waals surface area (Å²) in [6.45, 7) is 3.28. The van der Waals surface area contributed by atoms with Crippen LogP contribution in [0, 0.1) is 6.92 Å². The van der Waals surface area contributed by atoms with Gasteiger partial charge in [0, 0.05) is 24.3 Å². The van der Waals surface area contributed by atoms with E-state index in [1.165, 1.54) is 7.11 Å². The first-order valence-electron chi connectivity index (χ1n) is 6.72. The summed E-state index contributed by atoms with van der Waals surface area (Å²) in [4.78, 5) is 12.1. The molecule has 1 amide bonds. The summed E-state index contributed by atoms with van der Waals surface area (Å²) in [5, 5.41) is 7.66. The second-order valence-corrected chi connectivity index (χ2v) is 5.11. The molecule has 1 N–H and O–H groups in total. The van der Waals surface area contributed by atoms with Gasteiger partial charge in [-0.3, -0.25) is 9.48 Å². The van der Waals surface area contributed by atoms with Gasteiger partial charge in [-0.1, -0.05) is 11.6 Å². The molecule has 2 rings (SSSR count). The van der Waals surface area contributed by atoms with Gasteiger partial charge in [-0.25, -0.2) is 0 Å². The van der Waals surface area contributed by atoms with Gasteiger partial charge >= 0.3 is 0 Å². The largest absolute Gasteiger partial charge is 0.496 e. The lowest BCUT2D eigenvalue weighted by molar-refractivity contribution is 0.0949. The molecule has 0 saturated heterocycles. The lowest BCUT2D eigenvalue weighted by Gasteiger charge is -2.09. The predicted molar refractivity (Wildman–Crippen MR) is 81.9 cm³/mol.